The summed E-state index contributed by atoms with van der Waals surface area (Å²) in [5.74, 6) is -0.418. The minimum Gasteiger partial charge on any atom is -0.333 e. The van der Waals surface area contributed by atoms with Crippen molar-refractivity contribution >= 4 is 39.4 Å². The Balaban J connectivity index is 1.40. The Morgan fingerprint density at radius 1 is 1.03 bits per heavy atom. The van der Waals surface area contributed by atoms with E-state index in [2.05, 4.69) is 10.6 Å². The van der Waals surface area contributed by atoms with E-state index in [1.165, 1.54) is 21.1 Å². The van der Waals surface area contributed by atoms with Crippen molar-refractivity contribution < 1.29 is 18.0 Å². The topological polar surface area (TPSA) is 98.8 Å². The molecule has 1 aromatic heterocycles. The monoisotopic (exact) mass is 448 g/mol. The number of benzene rings is 1. The van der Waals surface area contributed by atoms with E-state index in [4.69, 9.17) is 0 Å². The predicted octanol–water partition coefficient (Wildman–Crippen LogP) is 1.69. The van der Waals surface area contributed by atoms with Crippen LogP contribution in [0.15, 0.2) is 53.3 Å². The molecular weight excluding hydrogens is 424 g/mol. The Bertz CT molecular complexity index is 968. The third kappa shape index (κ3) is 6.77. The van der Waals surface area contributed by atoms with Crippen molar-refractivity contribution in [1.82, 2.24) is 19.8 Å². The molecule has 2 aromatic rings. The zero-order valence-corrected chi connectivity index (χ0v) is 18.0. The Labute approximate surface area is 180 Å². The fourth-order valence-electron chi connectivity index (χ4n) is 2.95. The number of hydrogen-bond donors (Lipinski definition) is 2. The van der Waals surface area contributed by atoms with Crippen molar-refractivity contribution in [1.29, 1.82) is 0 Å². The second kappa shape index (κ2) is 10.5. The van der Waals surface area contributed by atoms with Gasteiger partial charge in [-0.1, -0.05) is 36.4 Å². The van der Waals surface area contributed by atoms with Gasteiger partial charge in [-0.05, 0) is 23.1 Å². The summed E-state index contributed by atoms with van der Waals surface area (Å²) in [7, 11) is -3.52. The molecule has 2 heterocycles. The van der Waals surface area contributed by atoms with Gasteiger partial charge < -0.3 is 5.32 Å². The zero-order valence-electron chi connectivity index (χ0n) is 16.4. The van der Waals surface area contributed by atoms with Crippen LogP contribution in [0.1, 0.15) is 10.4 Å². The van der Waals surface area contributed by atoms with E-state index in [0.717, 1.165) is 10.4 Å². The van der Waals surface area contributed by atoms with Crippen LogP contribution in [-0.4, -0.2) is 62.3 Å². The van der Waals surface area contributed by atoms with Crippen LogP contribution < -0.4 is 10.6 Å². The van der Waals surface area contributed by atoms with E-state index in [1.807, 2.05) is 52.7 Å². The second-order valence-electron chi connectivity index (χ2n) is 6.74. The Morgan fingerprint density at radius 2 is 1.77 bits per heavy atom. The highest BCUT2D eigenvalue weighted by Crippen LogP contribution is 2.11. The molecule has 0 aliphatic carbocycles. The Kier molecular flexibility index (Phi) is 7.75. The van der Waals surface area contributed by atoms with Crippen LogP contribution in [0, 0.1) is 0 Å². The molecule has 0 saturated carbocycles. The molecule has 0 unspecified atom stereocenters. The average molecular weight is 449 g/mol. The number of rotatable bonds is 7. The highest BCUT2D eigenvalue weighted by molar-refractivity contribution is 7.92. The maximum atomic E-state index is 12.5. The second-order valence-corrected chi connectivity index (χ2v) is 9.59. The lowest BCUT2D eigenvalue weighted by Gasteiger charge is -2.32. The van der Waals surface area contributed by atoms with Crippen LogP contribution in [0.5, 0.6) is 0 Å². The van der Waals surface area contributed by atoms with Crippen molar-refractivity contribution in [3.8, 4) is 0 Å². The number of imide groups is 1. The van der Waals surface area contributed by atoms with Gasteiger partial charge in [-0.3, -0.25) is 15.0 Å². The summed E-state index contributed by atoms with van der Waals surface area (Å²) >= 11 is 1.52. The summed E-state index contributed by atoms with van der Waals surface area (Å²) in [6.45, 7) is 1.83. The quantitative estimate of drug-likeness (QED) is 0.672. The molecule has 0 atom stereocenters. The molecule has 1 saturated heterocycles. The van der Waals surface area contributed by atoms with E-state index in [9.17, 15) is 18.0 Å². The van der Waals surface area contributed by atoms with Gasteiger partial charge in [0, 0.05) is 36.5 Å². The van der Waals surface area contributed by atoms with E-state index in [1.54, 1.807) is 6.08 Å². The van der Waals surface area contributed by atoms with Gasteiger partial charge >= 0.3 is 6.03 Å². The van der Waals surface area contributed by atoms with Gasteiger partial charge in [0.2, 0.25) is 15.9 Å². The molecule has 160 valence electrons. The number of sulfonamides is 1. The van der Waals surface area contributed by atoms with Crippen LogP contribution >= 0.6 is 11.3 Å². The van der Waals surface area contributed by atoms with Crippen LogP contribution in [-0.2, 0) is 21.4 Å². The number of urea groups is 1. The first-order valence-electron chi connectivity index (χ1n) is 9.48. The number of piperazine rings is 1. The molecule has 10 heteroatoms. The molecule has 1 aliphatic rings. The van der Waals surface area contributed by atoms with E-state index < -0.39 is 22.0 Å². The number of carbonyl (C=O) groups is 2. The molecule has 3 rings (SSSR count). The molecule has 3 amide bonds. The fraction of sp³-hybridized carbons (Fsp3) is 0.300. The molecule has 1 aromatic carbocycles. The van der Waals surface area contributed by atoms with Crippen molar-refractivity contribution in [3.05, 3.63) is 63.7 Å². The summed E-state index contributed by atoms with van der Waals surface area (Å²) in [5.41, 5.74) is 0.814. The molecule has 1 fully saturated rings. The van der Waals surface area contributed by atoms with Gasteiger partial charge in [-0.25, -0.2) is 13.2 Å². The van der Waals surface area contributed by atoms with Gasteiger partial charge in [0.25, 0.3) is 0 Å². The first-order valence-corrected chi connectivity index (χ1v) is 11.9. The number of amides is 3. The van der Waals surface area contributed by atoms with Gasteiger partial charge in [0.05, 0.1) is 13.1 Å². The minimum absolute atomic E-state index is 0.0418. The van der Waals surface area contributed by atoms with Crippen molar-refractivity contribution in [3.63, 3.8) is 0 Å². The normalized spacial score (nSPS) is 15.9. The van der Waals surface area contributed by atoms with E-state index >= 15 is 0 Å². The maximum absolute atomic E-state index is 12.5. The number of carbonyl (C=O) groups excluding carboxylic acids is 2. The molecule has 1 aliphatic heterocycles. The largest absolute Gasteiger partial charge is 0.333 e. The van der Waals surface area contributed by atoms with Crippen molar-refractivity contribution in [2.75, 3.05) is 32.7 Å². The summed E-state index contributed by atoms with van der Waals surface area (Å²) in [6, 6.07) is 12.5. The molecule has 0 spiro atoms. The van der Waals surface area contributed by atoms with Crippen LogP contribution in [0.2, 0.25) is 0 Å². The van der Waals surface area contributed by atoms with Crippen LogP contribution in [0.25, 0.3) is 6.08 Å². The zero-order chi connectivity index (χ0) is 21.4. The summed E-state index contributed by atoms with van der Waals surface area (Å²) in [5, 5.41) is 8.06. The highest BCUT2D eigenvalue weighted by Gasteiger charge is 2.26. The molecule has 2 N–H and O–H groups in total. The Hall–Kier alpha value is -2.53. The van der Waals surface area contributed by atoms with Crippen LogP contribution in [0.4, 0.5) is 4.79 Å². The molecule has 30 heavy (non-hydrogen) atoms. The van der Waals surface area contributed by atoms with Crippen molar-refractivity contribution in [2.24, 2.45) is 0 Å². The predicted molar refractivity (Wildman–Crippen MR) is 117 cm³/mol. The maximum Gasteiger partial charge on any atom is 0.321 e. The van der Waals surface area contributed by atoms with E-state index in [-0.39, 0.29) is 6.54 Å². The third-order valence-electron chi connectivity index (χ3n) is 4.55. The van der Waals surface area contributed by atoms with Gasteiger partial charge in [0.15, 0.2) is 0 Å². The number of nitrogens with zero attached hydrogens (tertiary/aromatic N) is 2. The first-order chi connectivity index (χ1) is 14.4. The standard InChI is InChI=1S/C20H24N4O4S2/c25-19(22-20(26)21-15-18-7-4-13-29-18)16-23-9-11-24(12-10-23)30(27,28)14-8-17-5-2-1-3-6-17/h1-8,13-14H,9-12,15-16H2,(H2,21,22,25,26)/b14-8+. The Morgan fingerprint density at radius 3 is 2.43 bits per heavy atom. The highest BCUT2D eigenvalue weighted by atomic mass is 32.2. The molecule has 0 radical (unpaired) electrons. The fourth-order valence-corrected chi connectivity index (χ4v) is 4.77. The molecular formula is C20H24N4O4S2. The summed E-state index contributed by atoms with van der Waals surface area (Å²) in [6.07, 6.45) is 1.57. The lowest BCUT2D eigenvalue weighted by Crippen LogP contribution is -2.51. The minimum atomic E-state index is -3.52. The van der Waals surface area contributed by atoms with E-state index in [0.29, 0.717) is 32.7 Å². The number of thiophene rings is 1. The smallest absolute Gasteiger partial charge is 0.321 e. The van der Waals surface area contributed by atoms with Gasteiger partial charge in [-0.15, -0.1) is 11.3 Å². The molecule has 0 bridgehead atoms. The van der Waals surface area contributed by atoms with Gasteiger partial charge in [0.1, 0.15) is 0 Å². The summed E-state index contributed by atoms with van der Waals surface area (Å²) in [4.78, 5) is 26.7. The van der Waals surface area contributed by atoms with Crippen molar-refractivity contribution in [2.45, 2.75) is 6.54 Å². The average Bonchev–Trinajstić information content (AvgIpc) is 3.26. The molecule has 8 nitrogen and oxygen atoms in total. The lowest BCUT2D eigenvalue weighted by atomic mass is 10.2. The summed E-state index contributed by atoms with van der Waals surface area (Å²) < 4.78 is 26.4. The lowest BCUT2D eigenvalue weighted by molar-refractivity contribution is -0.121. The first kappa shape index (κ1) is 22.2. The SMILES string of the molecule is O=C(CN1CCN(S(=O)(=O)/C=C/c2ccccc2)CC1)NC(=O)NCc1cccs1. The number of hydrogen-bond acceptors (Lipinski definition) is 6. The number of nitrogens with one attached hydrogen (secondary N) is 2. The van der Waals surface area contributed by atoms with Gasteiger partial charge in [-0.2, -0.15) is 4.31 Å². The third-order valence-corrected chi connectivity index (χ3v) is 6.99. The van der Waals surface area contributed by atoms with Crippen LogP contribution in [0.3, 0.4) is 0 Å².